The molecule has 3 atom stereocenters. The molecule has 0 aliphatic heterocycles. The van der Waals surface area contributed by atoms with Gasteiger partial charge in [-0.2, -0.15) is 0 Å². The van der Waals surface area contributed by atoms with Crippen LogP contribution >= 0.6 is 11.3 Å². The lowest BCUT2D eigenvalue weighted by Gasteiger charge is -2.18. The topological polar surface area (TPSA) is 195 Å². The van der Waals surface area contributed by atoms with Crippen LogP contribution in [0.15, 0.2) is 6.20 Å². The lowest BCUT2D eigenvalue weighted by molar-refractivity contribution is -0.140. The predicted molar refractivity (Wildman–Crippen MR) is 85.9 cm³/mol. The highest BCUT2D eigenvalue weighted by Gasteiger charge is 2.24. The van der Waals surface area contributed by atoms with E-state index >= 15 is 0 Å². The highest BCUT2D eigenvalue weighted by molar-refractivity contribution is 7.11. The quantitative estimate of drug-likeness (QED) is 0.262. The number of aromatic nitrogens is 1. The van der Waals surface area contributed by atoms with Gasteiger partial charge in [0.25, 0.3) is 0 Å². The molecule has 0 saturated heterocycles. The van der Waals surface area contributed by atoms with E-state index < -0.39 is 42.7 Å². The normalized spacial score (nSPS) is 14.4. The molecule has 0 spiro atoms. The number of aliphatic carboxylic acids is 2. The molecule has 11 nitrogen and oxygen atoms in total. The summed E-state index contributed by atoms with van der Waals surface area (Å²) in [5.74, 6) is -2.49. The largest absolute Gasteiger partial charge is 0.481 e. The second-order valence-corrected chi connectivity index (χ2v) is 6.16. The Labute approximate surface area is 146 Å². The first-order chi connectivity index (χ1) is 11.8. The van der Waals surface area contributed by atoms with E-state index in [2.05, 4.69) is 15.6 Å². The van der Waals surface area contributed by atoms with E-state index in [1.54, 1.807) is 0 Å². The average molecular weight is 376 g/mol. The number of hydrogen-bond donors (Lipinski definition) is 7. The molecule has 140 valence electrons. The number of carboxylic acid groups (broad SMARTS) is 2. The number of thiazole rings is 1. The average Bonchev–Trinajstić information content (AvgIpc) is 3.05. The van der Waals surface area contributed by atoms with Gasteiger partial charge in [0.2, 0.25) is 0 Å². The van der Waals surface area contributed by atoms with Gasteiger partial charge in [-0.05, 0) is 6.42 Å². The van der Waals surface area contributed by atoms with Gasteiger partial charge in [-0.3, -0.25) is 4.79 Å². The molecule has 0 aromatic carbocycles. The molecular weight excluding hydrogens is 356 g/mol. The zero-order valence-electron chi connectivity index (χ0n) is 13.1. The number of amides is 2. The first-order valence-corrected chi connectivity index (χ1v) is 8.04. The summed E-state index contributed by atoms with van der Waals surface area (Å²) >= 11 is 1.10. The molecule has 0 bridgehead atoms. The molecule has 0 saturated carbocycles. The van der Waals surface area contributed by atoms with Gasteiger partial charge in [-0.15, -0.1) is 11.3 Å². The number of hydrogen-bond acceptors (Lipinski definition) is 8. The molecule has 25 heavy (non-hydrogen) atoms. The minimum atomic E-state index is -1.49. The number of nitrogens with zero attached hydrogens (tertiary/aromatic N) is 1. The molecule has 0 radical (unpaired) electrons. The minimum Gasteiger partial charge on any atom is -0.481 e. The van der Waals surface area contributed by atoms with Crippen LogP contribution in [-0.2, 0) is 9.59 Å². The maximum absolute atomic E-state index is 11.9. The van der Waals surface area contributed by atoms with Crippen molar-refractivity contribution in [3.63, 3.8) is 0 Å². The van der Waals surface area contributed by atoms with Crippen molar-refractivity contribution in [2.45, 2.75) is 31.0 Å². The standard InChI is InChI=1S/C13H20N4O7S/c14-6(4-18)9-3-15-11(25-9)7(1-2-10(20)21)16-13(24)17-8(5-19)12(22)23/h3,6-8,18-19H,1-2,4-5,14H2,(H,20,21)(H,22,23)(H2,16,17,24)/t6-,7-,8-/m0/s1. The number of carbonyl (C=O) groups excluding carboxylic acids is 1. The number of aliphatic hydroxyl groups excluding tert-OH is 2. The van der Waals surface area contributed by atoms with Crippen LogP contribution in [0.1, 0.15) is 34.8 Å². The molecule has 1 aromatic heterocycles. The zero-order chi connectivity index (χ0) is 19.0. The van der Waals surface area contributed by atoms with Crippen LogP contribution in [0.2, 0.25) is 0 Å². The molecule has 8 N–H and O–H groups in total. The number of nitrogens with one attached hydrogen (secondary N) is 2. The Balaban J connectivity index is 2.85. The summed E-state index contributed by atoms with van der Waals surface area (Å²) in [7, 11) is 0. The molecule has 1 rings (SSSR count). The Kier molecular flexibility index (Phi) is 8.21. The minimum absolute atomic E-state index is 0.0148. The fourth-order valence-corrected chi connectivity index (χ4v) is 2.79. The third kappa shape index (κ3) is 6.62. The van der Waals surface area contributed by atoms with Crippen molar-refractivity contribution in [1.29, 1.82) is 0 Å². The summed E-state index contributed by atoms with van der Waals surface area (Å²) in [6.07, 6.45) is 1.18. The summed E-state index contributed by atoms with van der Waals surface area (Å²) < 4.78 is 0. The van der Waals surface area contributed by atoms with Crippen molar-refractivity contribution in [3.05, 3.63) is 16.1 Å². The Morgan fingerprint density at radius 1 is 1.20 bits per heavy atom. The van der Waals surface area contributed by atoms with E-state index in [4.69, 9.17) is 26.2 Å². The summed E-state index contributed by atoms with van der Waals surface area (Å²) in [6, 6.07) is -3.82. The first kappa shape index (κ1) is 20.8. The lowest BCUT2D eigenvalue weighted by Crippen LogP contribution is -2.48. The van der Waals surface area contributed by atoms with E-state index in [1.165, 1.54) is 6.20 Å². The highest BCUT2D eigenvalue weighted by Crippen LogP contribution is 2.26. The van der Waals surface area contributed by atoms with Crippen LogP contribution in [0.3, 0.4) is 0 Å². The van der Waals surface area contributed by atoms with Crippen LogP contribution in [0, 0.1) is 0 Å². The summed E-state index contributed by atoms with van der Waals surface area (Å²) in [4.78, 5) is 38.1. The third-order valence-corrected chi connectivity index (χ3v) is 4.38. The van der Waals surface area contributed by atoms with Crippen LogP contribution in [-0.4, -0.2) is 62.6 Å². The number of rotatable bonds is 10. The molecule has 2 amide bonds. The predicted octanol–water partition coefficient (Wildman–Crippen LogP) is -1.21. The monoisotopic (exact) mass is 376 g/mol. The maximum atomic E-state index is 11.9. The van der Waals surface area contributed by atoms with Gasteiger partial charge in [-0.25, -0.2) is 14.6 Å². The molecule has 1 heterocycles. The summed E-state index contributed by atoms with van der Waals surface area (Å²) in [6.45, 7) is -1.10. The second kappa shape index (κ2) is 9.88. The molecule has 0 aliphatic carbocycles. The van der Waals surface area contributed by atoms with Crippen LogP contribution in [0.25, 0.3) is 0 Å². The van der Waals surface area contributed by atoms with E-state index in [0.717, 1.165) is 11.3 Å². The number of aliphatic hydroxyl groups is 2. The van der Waals surface area contributed by atoms with Crippen LogP contribution in [0.5, 0.6) is 0 Å². The van der Waals surface area contributed by atoms with E-state index in [-0.39, 0.29) is 19.4 Å². The van der Waals surface area contributed by atoms with Crippen molar-refractivity contribution >= 4 is 29.3 Å². The molecule has 1 aromatic rings. The van der Waals surface area contributed by atoms with Gasteiger partial charge in [0.1, 0.15) is 5.01 Å². The Bertz CT molecular complexity index is 609. The number of carbonyl (C=O) groups is 3. The third-order valence-electron chi connectivity index (χ3n) is 3.14. The number of carboxylic acids is 2. The lowest BCUT2D eigenvalue weighted by atomic mass is 10.1. The fourth-order valence-electron chi connectivity index (χ4n) is 1.79. The summed E-state index contributed by atoms with van der Waals surface area (Å²) in [5, 5.41) is 40.5. The molecule has 12 heteroatoms. The van der Waals surface area contributed by atoms with Crippen LogP contribution in [0.4, 0.5) is 4.79 Å². The smallest absolute Gasteiger partial charge is 0.328 e. The van der Waals surface area contributed by atoms with Crippen molar-refractivity contribution in [1.82, 2.24) is 15.6 Å². The van der Waals surface area contributed by atoms with E-state index in [1.807, 2.05) is 0 Å². The van der Waals surface area contributed by atoms with E-state index in [0.29, 0.717) is 9.88 Å². The van der Waals surface area contributed by atoms with Gasteiger partial charge in [0.05, 0.1) is 25.3 Å². The van der Waals surface area contributed by atoms with Crippen molar-refractivity contribution < 1.29 is 34.8 Å². The Hall–Kier alpha value is -2.28. The van der Waals surface area contributed by atoms with Crippen molar-refractivity contribution in [3.8, 4) is 0 Å². The van der Waals surface area contributed by atoms with Crippen LogP contribution < -0.4 is 16.4 Å². The van der Waals surface area contributed by atoms with Gasteiger partial charge < -0.3 is 36.8 Å². The number of nitrogens with two attached hydrogens (primary N) is 1. The Morgan fingerprint density at radius 3 is 2.40 bits per heavy atom. The SMILES string of the molecule is N[C@@H](CO)c1cnc([C@H](CCC(=O)O)NC(=O)N[C@@H](CO)C(=O)O)s1. The highest BCUT2D eigenvalue weighted by atomic mass is 32.1. The van der Waals surface area contributed by atoms with E-state index in [9.17, 15) is 14.4 Å². The van der Waals surface area contributed by atoms with Gasteiger partial charge in [0.15, 0.2) is 6.04 Å². The van der Waals surface area contributed by atoms with Gasteiger partial charge in [0, 0.05) is 17.5 Å². The fraction of sp³-hybridized carbons (Fsp3) is 0.538. The summed E-state index contributed by atoms with van der Waals surface area (Å²) in [5.41, 5.74) is 5.68. The molecule has 0 fully saturated rings. The molecule has 0 unspecified atom stereocenters. The Morgan fingerprint density at radius 2 is 1.88 bits per heavy atom. The zero-order valence-corrected chi connectivity index (χ0v) is 13.9. The van der Waals surface area contributed by atoms with Crippen molar-refractivity contribution in [2.24, 2.45) is 5.73 Å². The van der Waals surface area contributed by atoms with Gasteiger partial charge >= 0.3 is 18.0 Å². The maximum Gasteiger partial charge on any atom is 0.328 e. The second-order valence-electron chi connectivity index (χ2n) is 5.07. The first-order valence-electron chi connectivity index (χ1n) is 7.23. The molecular formula is C13H20N4O7S. The number of urea groups is 1. The van der Waals surface area contributed by atoms with Gasteiger partial charge in [-0.1, -0.05) is 0 Å². The molecule has 0 aliphatic rings. The van der Waals surface area contributed by atoms with Crippen molar-refractivity contribution in [2.75, 3.05) is 13.2 Å².